The second-order valence-electron chi connectivity index (χ2n) is 3.71. The summed E-state index contributed by atoms with van der Waals surface area (Å²) in [6, 6.07) is 5.51. The Morgan fingerprint density at radius 1 is 1.36 bits per heavy atom. The minimum absolute atomic E-state index is 0.0953. The van der Waals surface area contributed by atoms with Crippen LogP contribution in [0.15, 0.2) is 11.3 Å². The molecule has 1 unspecified atom stereocenters. The zero-order valence-electron chi connectivity index (χ0n) is 8.03. The van der Waals surface area contributed by atoms with Gasteiger partial charge in [-0.3, -0.25) is 0 Å². The molecule has 1 heterocycles. The van der Waals surface area contributed by atoms with Crippen molar-refractivity contribution in [1.82, 2.24) is 0 Å². The molecule has 0 bridgehead atoms. The van der Waals surface area contributed by atoms with Crippen LogP contribution < -0.4 is 0 Å². The maximum absolute atomic E-state index is 8.83. The Bertz CT molecular complexity index is 385. The number of rotatable bonds is 0. The van der Waals surface area contributed by atoms with Gasteiger partial charge in [0, 0.05) is 6.42 Å². The Morgan fingerprint density at radius 2 is 1.93 bits per heavy atom. The summed E-state index contributed by atoms with van der Waals surface area (Å²) in [5.74, 6) is -0.248. The predicted octanol–water partition coefficient (Wildman–Crippen LogP) is 1.63. The molecule has 0 radical (unpaired) electrons. The topological polar surface area (TPSA) is 80.6 Å². The molecule has 0 aromatic carbocycles. The lowest BCUT2D eigenvalue weighted by atomic mass is 9.96. The van der Waals surface area contributed by atoms with Gasteiger partial charge in [0.15, 0.2) is 5.57 Å². The van der Waals surface area contributed by atoms with E-state index in [0.29, 0.717) is 6.42 Å². The largest absolute Gasteiger partial charge is 0.489 e. The molecule has 0 saturated carbocycles. The molecule has 0 aromatic rings. The quantitative estimate of drug-likeness (QED) is 0.539. The molecule has 1 atom stereocenters. The maximum Gasteiger partial charge on any atom is 0.168 e. The molecule has 0 N–H and O–H groups in total. The van der Waals surface area contributed by atoms with Crippen molar-refractivity contribution in [2.75, 3.05) is 0 Å². The van der Waals surface area contributed by atoms with Gasteiger partial charge in [-0.05, 0) is 13.8 Å². The first-order valence-electron chi connectivity index (χ1n) is 4.17. The van der Waals surface area contributed by atoms with Crippen molar-refractivity contribution in [3.63, 3.8) is 0 Å². The molecule has 0 amide bonds. The van der Waals surface area contributed by atoms with E-state index in [1.165, 1.54) is 0 Å². The minimum Gasteiger partial charge on any atom is -0.489 e. The first-order valence-corrected chi connectivity index (χ1v) is 4.17. The molecule has 1 saturated heterocycles. The molecule has 4 nitrogen and oxygen atoms in total. The number of ether oxygens (including phenoxy) is 1. The average molecular weight is 187 g/mol. The first-order chi connectivity index (χ1) is 6.54. The van der Waals surface area contributed by atoms with Gasteiger partial charge in [-0.25, -0.2) is 0 Å². The highest BCUT2D eigenvalue weighted by Crippen LogP contribution is 2.38. The lowest BCUT2D eigenvalue weighted by Crippen LogP contribution is -2.16. The van der Waals surface area contributed by atoms with Crippen molar-refractivity contribution in [3.05, 3.63) is 11.3 Å². The summed E-state index contributed by atoms with van der Waals surface area (Å²) in [4.78, 5) is 0. The summed E-state index contributed by atoms with van der Waals surface area (Å²) in [5.41, 5.74) is -0.559. The monoisotopic (exact) mass is 187 g/mol. The van der Waals surface area contributed by atoms with Crippen LogP contribution in [0.2, 0.25) is 0 Å². The maximum atomic E-state index is 8.83. The SMILES string of the molecule is CC1(C)CC(C#N)C(=C(C#N)C#N)O1. The van der Waals surface area contributed by atoms with Crippen molar-refractivity contribution < 1.29 is 4.74 Å². The van der Waals surface area contributed by atoms with Crippen LogP contribution >= 0.6 is 0 Å². The van der Waals surface area contributed by atoms with Gasteiger partial charge in [0.2, 0.25) is 0 Å². The van der Waals surface area contributed by atoms with Gasteiger partial charge < -0.3 is 4.74 Å². The predicted molar refractivity (Wildman–Crippen MR) is 47.1 cm³/mol. The molecule has 1 aliphatic heterocycles. The Morgan fingerprint density at radius 3 is 2.36 bits per heavy atom. The van der Waals surface area contributed by atoms with Crippen LogP contribution in [0.1, 0.15) is 20.3 Å². The highest BCUT2D eigenvalue weighted by molar-refractivity contribution is 5.41. The summed E-state index contributed by atoms with van der Waals surface area (Å²) in [6.07, 6.45) is 0.520. The third-order valence-corrected chi connectivity index (χ3v) is 2.02. The third kappa shape index (κ3) is 1.68. The minimum atomic E-state index is -0.473. The van der Waals surface area contributed by atoms with E-state index < -0.39 is 11.5 Å². The van der Waals surface area contributed by atoms with Crippen molar-refractivity contribution in [1.29, 1.82) is 15.8 Å². The van der Waals surface area contributed by atoms with Crippen LogP contribution in [-0.2, 0) is 4.74 Å². The fourth-order valence-electron chi connectivity index (χ4n) is 1.46. The summed E-state index contributed by atoms with van der Waals surface area (Å²) in [6.45, 7) is 3.66. The molecule has 14 heavy (non-hydrogen) atoms. The Labute approximate surface area is 82.6 Å². The van der Waals surface area contributed by atoms with Gasteiger partial charge in [-0.1, -0.05) is 0 Å². The van der Waals surface area contributed by atoms with Crippen LogP contribution in [-0.4, -0.2) is 5.60 Å². The standard InChI is InChI=1S/C10H9N3O/c1-10(2)3-7(4-11)9(14-10)8(5-12)6-13/h7H,3H2,1-2H3. The molecule has 70 valence electrons. The highest BCUT2D eigenvalue weighted by atomic mass is 16.5. The number of nitrogens with zero attached hydrogens (tertiary/aromatic N) is 3. The average Bonchev–Trinajstić information content (AvgIpc) is 2.44. The van der Waals surface area contributed by atoms with Gasteiger partial charge in [-0.2, -0.15) is 15.8 Å². The normalized spacial score (nSPS) is 22.8. The lowest BCUT2D eigenvalue weighted by molar-refractivity contribution is 0.0759. The zero-order valence-corrected chi connectivity index (χ0v) is 8.03. The van der Waals surface area contributed by atoms with E-state index in [4.69, 9.17) is 20.5 Å². The fraction of sp³-hybridized carbons (Fsp3) is 0.500. The number of hydrogen-bond donors (Lipinski definition) is 0. The van der Waals surface area contributed by atoms with Crippen molar-refractivity contribution >= 4 is 0 Å². The first kappa shape index (κ1) is 10.1. The van der Waals surface area contributed by atoms with E-state index in [1.54, 1.807) is 12.1 Å². The van der Waals surface area contributed by atoms with E-state index in [0.717, 1.165) is 0 Å². The Kier molecular flexibility index (Phi) is 2.45. The zero-order chi connectivity index (χ0) is 10.8. The number of hydrogen-bond acceptors (Lipinski definition) is 4. The van der Waals surface area contributed by atoms with Crippen molar-refractivity contribution in [2.24, 2.45) is 5.92 Å². The van der Waals surface area contributed by atoms with Gasteiger partial charge in [0.1, 0.15) is 29.4 Å². The van der Waals surface area contributed by atoms with E-state index in [-0.39, 0.29) is 11.3 Å². The highest BCUT2D eigenvalue weighted by Gasteiger charge is 2.39. The van der Waals surface area contributed by atoms with Gasteiger partial charge in [0.25, 0.3) is 0 Å². The van der Waals surface area contributed by atoms with E-state index in [9.17, 15) is 0 Å². The Balaban J connectivity index is 3.16. The van der Waals surface area contributed by atoms with Crippen LogP contribution in [0.4, 0.5) is 0 Å². The van der Waals surface area contributed by atoms with Crippen LogP contribution in [0, 0.1) is 39.9 Å². The summed E-state index contributed by atoms with van der Waals surface area (Å²) in [7, 11) is 0. The van der Waals surface area contributed by atoms with E-state index >= 15 is 0 Å². The molecular weight excluding hydrogens is 178 g/mol. The van der Waals surface area contributed by atoms with Crippen LogP contribution in [0.5, 0.6) is 0 Å². The lowest BCUT2D eigenvalue weighted by Gasteiger charge is -2.16. The molecule has 1 fully saturated rings. The molecule has 0 aromatic heterocycles. The van der Waals surface area contributed by atoms with Gasteiger partial charge in [0.05, 0.1) is 6.07 Å². The van der Waals surface area contributed by atoms with E-state index in [1.807, 2.05) is 19.9 Å². The molecular formula is C10H9N3O. The molecule has 0 aliphatic carbocycles. The molecule has 4 heteroatoms. The molecule has 0 spiro atoms. The van der Waals surface area contributed by atoms with E-state index in [2.05, 4.69) is 0 Å². The molecule has 1 aliphatic rings. The second-order valence-corrected chi connectivity index (χ2v) is 3.71. The summed E-state index contributed by atoms with van der Waals surface area (Å²) >= 11 is 0. The Hall–Kier alpha value is -1.99. The van der Waals surface area contributed by atoms with Gasteiger partial charge in [-0.15, -0.1) is 0 Å². The fourth-order valence-corrected chi connectivity index (χ4v) is 1.46. The smallest absolute Gasteiger partial charge is 0.168 e. The summed E-state index contributed by atoms with van der Waals surface area (Å²) in [5, 5.41) is 26.1. The molecule has 1 rings (SSSR count). The van der Waals surface area contributed by atoms with Crippen molar-refractivity contribution in [2.45, 2.75) is 25.9 Å². The second kappa shape index (κ2) is 3.40. The van der Waals surface area contributed by atoms with Crippen molar-refractivity contribution in [3.8, 4) is 18.2 Å². The third-order valence-electron chi connectivity index (χ3n) is 2.02. The number of nitriles is 3. The van der Waals surface area contributed by atoms with Crippen LogP contribution in [0.25, 0.3) is 0 Å². The number of allylic oxidation sites excluding steroid dienone is 2. The summed E-state index contributed by atoms with van der Waals surface area (Å²) < 4.78 is 5.41. The van der Waals surface area contributed by atoms with Gasteiger partial charge >= 0.3 is 0 Å². The van der Waals surface area contributed by atoms with Crippen LogP contribution in [0.3, 0.4) is 0 Å².